The lowest BCUT2D eigenvalue weighted by Gasteiger charge is -2.39. The van der Waals surface area contributed by atoms with Crippen LogP contribution < -0.4 is 10.6 Å². The first-order chi connectivity index (χ1) is 8.92. The summed E-state index contributed by atoms with van der Waals surface area (Å²) in [6, 6.07) is -0.477. The van der Waals surface area contributed by atoms with Crippen molar-refractivity contribution in [3.63, 3.8) is 0 Å². The molecule has 6 nitrogen and oxygen atoms in total. The Bertz CT molecular complexity index is 400. The number of nitrogens with one attached hydrogen (secondary N) is 2. The van der Waals surface area contributed by atoms with Crippen LogP contribution in [0.1, 0.15) is 33.1 Å². The molecule has 0 radical (unpaired) electrons. The van der Waals surface area contributed by atoms with Gasteiger partial charge in [-0.1, -0.05) is 0 Å². The van der Waals surface area contributed by atoms with Crippen molar-refractivity contribution in [2.45, 2.75) is 39.2 Å². The quantitative estimate of drug-likeness (QED) is 0.717. The molecule has 2 saturated heterocycles. The minimum Gasteiger partial charge on any atom is -0.356 e. The van der Waals surface area contributed by atoms with E-state index >= 15 is 0 Å². The molecule has 2 aliphatic rings. The fourth-order valence-corrected chi connectivity index (χ4v) is 2.95. The highest BCUT2D eigenvalue weighted by Crippen LogP contribution is 2.37. The van der Waals surface area contributed by atoms with Crippen LogP contribution in [0.15, 0.2) is 0 Å². The first-order valence-electron chi connectivity index (χ1n) is 6.74. The second-order valence-corrected chi connectivity index (χ2v) is 5.70. The van der Waals surface area contributed by atoms with Gasteiger partial charge in [-0.25, -0.2) is 0 Å². The van der Waals surface area contributed by atoms with E-state index < -0.39 is 6.04 Å². The third-order valence-electron chi connectivity index (χ3n) is 4.12. The van der Waals surface area contributed by atoms with Gasteiger partial charge in [0.25, 0.3) is 0 Å². The fraction of sp³-hybridized carbons (Fsp3) is 0.769. The first-order valence-corrected chi connectivity index (χ1v) is 6.74. The second kappa shape index (κ2) is 5.19. The molecular weight excluding hydrogens is 246 g/mol. The van der Waals surface area contributed by atoms with Gasteiger partial charge in [0.1, 0.15) is 6.04 Å². The molecule has 2 rings (SSSR count). The molecule has 2 aliphatic heterocycles. The standard InChI is InChI=1S/C13H21N3O3/c1-9(15-10(2)17)12(19)16-5-3-13(4-6-16)7-11(18)14-8-13/h9H,3-8H2,1-2H3,(H,14,18)(H,15,17). The maximum atomic E-state index is 12.1. The molecular formula is C13H21N3O3. The lowest BCUT2D eigenvalue weighted by molar-refractivity contribution is -0.137. The molecule has 2 fully saturated rings. The summed E-state index contributed by atoms with van der Waals surface area (Å²) in [6.07, 6.45) is 2.28. The van der Waals surface area contributed by atoms with Gasteiger partial charge in [-0.3, -0.25) is 14.4 Å². The summed E-state index contributed by atoms with van der Waals surface area (Å²) >= 11 is 0. The van der Waals surface area contributed by atoms with Crippen LogP contribution in [0.3, 0.4) is 0 Å². The summed E-state index contributed by atoms with van der Waals surface area (Å²) < 4.78 is 0. The molecule has 0 bridgehead atoms. The Kier molecular flexibility index (Phi) is 3.78. The van der Waals surface area contributed by atoms with Gasteiger partial charge in [-0.05, 0) is 25.2 Å². The minimum atomic E-state index is -0.477. The van der Waals surface area contributed by atoms with Gasteiger partial charge in [0.05, 0.1) is 0 Å². The van der Waals surface area contributed by atoms with E-state index in [2.05, 4.69) is 10.6 Å². The molecule has 1 atom stereocenters. The van der Waals surface area contributed by atoms with Gasteiger partial charge in [-0.2, -0.15) is 0 Å². The molecule has 19 heavy (non-hydrogen) atoms. The summed E-state index contributed by atoms with van der Waals surface area (Å²) in [6.45, 7) is 5.17. The summed E-state index contributed by atoms with van der Waals surface area (Å²) in [5, 5.41) is 5.48. The molecule has 2 heterocycles. The Morgan fingerprint density at radius 2 is 2.00 bits per heavy atom. The minimum absolute atomic E-state index is 0.0395. The highest BCUT2D eigenvalue weighted by molar-refractivity contribution is 5.86. The normalized spacial score (nSPS) is 23.1. The molecule has 1 spiro atoms. The van der Waals surface area contributed by atoms with E-state index in [1.165, 1.54) is 6.92 Å². The van der Waals surface area contributed by atoms with E-state index in [1.807, 2.05) is 0 Å². The van der Waals surface area contributed by atoms with E-state index in [0.717, 1.165) is 19.4 Å². The van der Waals surface area contributed by atoms with Crippen molar-refractivity contribution in [3.05, 3.63) is 0 Å². The Labute approximate surface area is 112 Å². The van der Waals surface area contributed by atoms with Crippen LogP contribution in [0.25, 0.3) is 0 Å². The van der Waals surface area contributed by atoms with Crippen molar-refractivity contribution >= 4 is 17.7 Å². The lowest BCUT2D eigenvalue weighted by Crippen LogP contribution is -2.51. The van der Waals surface area contributed by atoms with Gasteiger partial charge in [0.15, 0.2) is 0 Å². The van der Waals surface area contributed by atoms with Crippen molar-refractivity contribution in [1.29, 1.82) is 0 Å². The van der Waals surface area contributed by atoms with E-state index in [-0.39, 0.29) is 23.1 Å². The van der Waals surface area contributed by atoms with Crippen molar-refractivity contribution in [1.82, 2.24) is 15.5 Å². The van der Waals surface area contributed by atoms with Crippen LogP contribution in [-0.2, 0) is 14.4 Å². The molecule has 0 aromatic carbocycles. The third kappa shape index (κ3) is 3.05. The highest BCUT2D eigenvalue weighted by atomic mass is 16.2. The molecule has 106 valence electrons. The molecule has 2 N–H and O–H groups in total. The molecule has 0 aromatic rings. The smallest absolute Gasteiger partial charge is 0.244 e. The van der Waals surface area contributed by atoms with Crippen LogP contribution in [0.5, 0.6) is 0 Å². The van der Waals surface area contributed by atoms with E-state index in [9.17, 15) is 14.4 Å². The number of piperidine rings is 1. The predicted octanol–water partition coefficient (Wildman–Crippen LogP) is -0.360. The van der Waals surface area contributed by atoms with Gasteiger partial charge in [-0.15, -0.1) is 0 Å². The third-order valence-corrected chi connectivity index (χ3v) is 4.12. The maximum Gasteiger partial charge on any atom is 0.244 e. The van der Waals surface area contributed by atoms with Gasteiger partial charge in [0, 0.05) is 33.0 Å². The topological polar surface area (TPSA) is 78.5 Å². The van der Waals surface area contributed by atoms with Crippen molar-refractivity contribution in [2.24, 2.45) is 5.41 Å². The van der Waals surface area contributed by atoms with Gasteiger partial charge in [0.2, 0.25) is 17.7 Å². The number of rotatable bonds is 2. The number of likely N-dealkylation sites (tertiary alicyclic amines) is 1. The number of nitrogens with zero attached hydrogens (tertiary/aromatic N) is 1. The van der Waals surface area contributed by atoms with Crippen molar-refractivity contribution in [3.8, 4) is 0 Å². The highest BCUT2D eigenvalue weighted by Gasteiger charge is 2.42. The zero-order valence-electron chi connectivity index (χ0n) is 11.5. The zero-order chi connectivity index (χ0) is 14.0. The van der Waals surface area contributed by atoms with Crippen LogP contribution in [-0.4, -0.2) is 48.3 Å². The Morgan fingerprint density at radius 3 is 2.47 bits per heavy atom. The number of hydrogen-bond donors (Lipinski definition) is 2. The predicted molar refractivity (Wildman–Crippen MR) is 69.2 cm³/mol. The van der Waals surface area contributed by atoms with Crippen LogP contribution in [0.4, 0.5) is 0 Å². The Hall–Kier alpha value is -1.59. The van der Waals surface area contributed by atoms with Crippen LogP contribution in [0.2, 0.25) is 0 Å². The monoisotopic (exact) mass is 267 g/mol. The molecule has 6 heteroatoms. The fourth-order valence-electron chi connectivity index (χ4n) is 2.95. The van der Waals surface area contributed by atoms with Crippen LogP contribution >= 0.6 is 0 Å². The lowest BCUT2D eigenvalue weighted by atomic mass is 9.77. The summed E-state index contributed by atoms with van der Waals surface area (Å²) in [5.74, 6) is -0.117. The first kappa shape index (κ1) is 13.8. The molecule has 0 saturated carbocycles. The molecule has 3 amide bonds. The number of carbonyl (C=O) groups excluding carboxylic acids is 3. The van der Waals surface area contributed by atoms with Gasteiger partial charge >= 0.3 is 0 Å². The van der Waals surface area contributed by atoms with Crippen molar-refractivity contribution in [2.75, 3.05) is 19.6 Å². The van der Waals surface area contributed by atoms with Gasteiger partial charge < -0.3 is 15.5 Å². The van der Waals surface area contributed by atoms with E-state index in [4.69, 9.17) is 0 Å². The second-order valence-electron chi connectivity index (χ2n) is 5.70. The average Bonchev–Trinajstić information content (AvgIpc) is 2.70. The number of carbonyl (C=O) groups is 3. The van der Waals surface area contributed by atoms with Crippen LogP contribution in [0, 0.1) is 5.41 Å². The van der Waals surface area contributed by atoms with E-state index in [0.29, 0.717) is 19.5 Å². The Balaban J connectivity index is 1.87. The molecule has 1 unspecified atom stereocenters. The molecule has 0 aliphatic carbocycles. The largest absolute Gasteiger partial charge is 0.356 e. The summed E-state index contributed by atoms with van der Waals surface area (Å²) in [5.41, 5.74) is 0.0467. The molecule has 0 aromatic heterocycles. The summed E-state index contributed by atoms with van der Waals surface area (Å²) in [7, 11) is 0. The summed E-state index contributed by atoms with van der Waals surface area (Å²) in [4.78, 5) is 36.2. The average molecular weight is 267 g/mol. The van der Waals surface area contributed by atoms with E-state index in [1.54, 1.807) is 11.8 Å². The maximum absolute atomic E-state index is 12.1. The zero-order valence-corrected chi connectivity index (χ0v) is 11.5. The Morgan fingerprint density at radius 1 is 1.37 bits per heavy atom. The SMILES string of the molecule is CC(=O)NC(C)C(=O)N1CCC2(CC1)CNC(=O)C2. The van der Waals surface area contributed by atoms with Crippen molar-refractivity contribution < 1.29 is 14.4 Å². The number of amides is 3. The number of hydrogen-bond acceptors (Lipinski definition) is 3.